The van der Waals surface area contributed by atoms with E-state index >= 15 is 0 Å². The monoisotopic (exact) mass is 312 g/mol. The molecule has 0 bridgehead atoms. The maximum Gasteiger partial charge on any atom is 0.324 e. The van der Waals surface area contributed by atoms with Gasteiger partial charge in [0.1, 0.15) is 11.6 Å². The number of thiophene rings is 1. The van der Waals surface area contributed by atoms with Crippen molar-refractivity contribution in [1.29, 1.82) is 0 Å². The molecule has 0 atom stereocenters. The van der Waals surface area contributed by atoms with Crippen LogP contribution in [0.15, 0.2) is 48.7 Å². The van der Waals surface area contributed by atoms with Gasteiger partial charge in [-0.25, -0.2) is 9.97 Å². The fourth-order valence-electron chi connectivity index (χ4n) is 1.94. The fourth-order valence-corrected chi connectivity index (χ4v) is 2.73. The van der Waals surface area contributed by atoms with Crippen LogP contribution >= 0.6 is 11.3 Å². The van der Waals surface area contributed by atoms with Gasteiger partial charge in [-0.15, -0.1) is 0 Å². The number of aromatic nitrogens is 2. The summed E-state index contributed by atoms with van der Waals surface area (Å²) < 4.78 is 0. The van der Waals surface area contributed by atoms with Crippen molar-refractivity contribution in [2.75, 3.05) is 5.32 Å². The summed E-state index contributed by atoms with van der Waals surface area (Å²) in [5.41, 5.74) is 1.79. The van der Waals surface area contributed by atoms with Crippen molar-refractivity contribution >= 4 is 28.0 Å². The molecule has 0 amide bonds. The van der Waals surface area contributed by atoms with Crippen molar-refractivity contribution in [3.8, 4) is 10.6 Å². The van der Waals surface area contributed by atoms with Crippen molar-refractivity contribution in [3.05, 3.63) is 64.3 Å². The lowest BCUT2D eigenvalue weighted by Crippen LogP contribution is -1.96. The molecule has 0 saturated heterocycles. The summed E-state index contributed by atoms with van der Waals surface area (Å²) in [5.74, 6) is 1.36. The molecule has 3 rings (SSSR count). The van der Waals surface area contributed by atoms with Crippen LogP contribution in [0.5, 0.6) is 0 Å². The van der Waals surface area contributed by atoms with E-state index in [1.165, 1.54) is 6.07 Å². The number of aryl methyl sites for hydroxylation is 1. The van der Waals surface area contributed by atoms with Crippen LogP contribution in [-0.4, -0.2) is 14.9 Å². The predicted molar refractivity (Wildman–Crippen MR) is 86.5 cm³/mol. The first-order chi connectivity index (χ1) is 10.6. The third-order valence-electron chi connectivity index (χ3n) is 2.94. The van der Waals surface area contributed by atoms with Gasteiger partial charge < -0.3 is 5.32 Å². The minimum Gasteiger partial charge on any atom is -0.325 e. The molecule has 7 heteroatoms. The quantitative estimate of drug-likeness (QED) is 0.577. The number of anilines is 2. The summed E-state index contributed by atoms with van der Waals surface area (Å²) in [7, 11) is 0. The molecule has 3 aromatic heterocycles. The van der Waals surface area contributed by atoms with Gasteiger partial charge in [0, 0.05) is 12.3 Å². The van der Waals surface area contributed by atoms with Gasteiger partial charge in [-0.05, 0) is 42.8 Å². The first-order valence-electron chi connectivity index (χ1n) is 6.53. The highest BCUT2D eigenvalue weighted by Gasteiger charge is 2.12. The average molecular weight is 312 g/mol. The first-order valence-corrected chi connectivity index (χ1v) is 7.35. The van der Waals surface area contributed by atoms with Crippen LogP contribution in [0.4, 0.5) is 16.6 Å². The van der Waals surface area contributed by atoms with Crippen LogP contribution in [0.3, 0.4) is 0 Å². The zero-order valence-corrected chi connectivity index (χ0v) is 12.5. The summed E-state index contributed by atoms with van der Waals surface area (Å²) in [5, 5.41) is 14.0. The minimum atomic E-state index is -0.396. The van der Waals surface area contributed by atoms with Gasteiger partial charge in [0.2, 0.25) is 0 Å². The molecule has 0 aliphatic heterocycles. The Morgan fingerprint density at radius 3 is 2.77 bits per heavy atom. The molecule has 0 fully saturated rings. The van der Waals surface area contributed by atoms with Crippen LogP contribution in [0.1, 0.15) is 5.56 Å². The van der Waals surface area contributed by atoms with Crippen LogP contribution < -0.4 is 5.32 Å². The van der Waals surface area contributed by atoms with Crippen molar-refractivity contribution in [3.63, 3.8) is 0 Å². The Hall–Kier alpha value is -2.80. The van der Waals surface area contributed by atoms with E-state index in [-0.39, 0.29) is 5.00 Å². The number of hydrogen-bond donors (Lipinski definition) is 1. The molecular weight excluding hydrogens is 300 g/mol. The number of rotatable bonds is 4. The SMILES string of the molecule is Cc1ccnc(Nc2cccc(-c3ccc([N+](=O)[O-])s3)n2)c1. The van der Waals surface area contributed by atoms with Crippen molar-refractivity contribution in [1.82, 2.24) is 9.97 Å². The summed E-state index contributed by atoms with van der Waals surface area (Å²) in [6.07, 6.45) is 1.73. The van der Waals surface area contributed by atoms with E-state index in [9.17, 15) is 10.1 Å². The summed E-state index contributed by atoms with van der Waals surface area (Å²) in [6.45, 7) is 1.99. The van der Waals surface area contributed by atoms with Crippen LogP contribution in [0, 0.1) is 17.0 Å². The molecular formula is C15H12N4O2S. The lowest BCUT2D eigenvalue weighted by molar-refractivity contribution is -0.380. The number of pyridine rings is 2. The third kappa shape index (κ3) is 3.09. The molecule has 0 aliphatic carbocycles. The Morgan fingerprint density at radius 1 is 1.18 bits per heavy atom. The zero-order chi connectivity index (χ0) is 15.5. The van der Waals surface area contributed by atoms with Gasteiger partial charge in [-0.3, -0.25) is 10.1 Å². The minimum absolute atomic E-state index is 0.107. The second kappa shape index (κ2) is 5.90. The smallest absolute Gasteiger partial charge is 0.324 e. The molecule has 22 heavy (non-hydrogen) atoms. The second-order valence-electron chi connectivity index (χ2n) is 4.65. The van der Waals surface area contributed by atoms with Gasteiger partial charge >= 0.3 is 5.00 Å². The third-order valence-corrected chi connectivity index (χ3v) is 4.00. The van der Waals surface area contributed by atoms with Gasteiger partial charge in [-0.2, -0.15) is 0 Å². The van der Waals surface area contributed by atoms with E-state index in [1.807, 2.05) is 37.3 Å². The molecule has 0 unspecified atom stereocenters. The molecule has 3 heterocycles. The van der Waals surface area contributed by atoms with Crippen molar-refractivity contribution in [2.45, 2.75) is 6.92 Å². The molecule has 0 spiro atoms. The highest BCUT2D eigenvalue weighted by molar-refractivity contribution is 7.18. The maximum atomic E-state index is 10.8. The number of hydrogen-bond acceptors (Lipinski definition) is 6. The maximum absolute atomic E-state index is 10.8. The Kier molecular flexibility index (Phi) is 3.80. The molecule has 110 valence electrons. The molecule has 0 radical (unpaired) electrons. The van der Waals surface area contributed by atoms with Gasteiger partial charge in [0.05, 0.1) is 15.5 Å². The molecule has 0 saturated carbocycles. The molecule has 1 N–H and O–H groups in total. The standard InChI is InChI=1S/C15H12N4O2S/c1-10-7-8-16-14(9-10)18-13-4-2-3-11(17-13)12-5-6-15(22-12)19(20)21/h2-9H,1H3,(H,16,17,18). The van der Waals surface area contributed by atoms with E-state index in [1.54, 1.807) is 12.3 Å². The topological polar surface area (TPSA) is 81.0 Å². The normalized spacial score (nSPS) is 10.4. The van der Waals surface area contributed by atoms with Crippen LogP contribution in [0.25, 0.3) is 10.6 Å². The zero-order valence-electron chi connectivity index (χ0n) is 11.7. The molecule has 3 aromatic rings. The summed E-state index contributed by atoms with van der Waals surface area (Å²) in [6, 6.07) is 12.5. The first kappa shape index (κ1) is 14.2. The van der Waals surface area contributed by atoms with E-state index < -0.39 is 4.92 Å². The fraction of sp³-hybridized carbons (Fsp3) is 0.0667. The van der Waals surface area contributed by atoms with Gasteiger partial charge in [0.25, 0.3) is 0 Å². The highest BCUT2D eigenvalue weighted by atomic mass is 32.1. The average Bonchev–Trinajstić information content (AvgIpc) is 2.97. The van der Waals surface area contributed by atoms with E-state index in [4.69, 9.17) is 0 Å². The Morgan fingerprint density at radius 2 is 2.05 bits per heavy atom. The predicted octanol–water partition coefficient (Wildman–Crippen LogP) is 4.17. The lowest BCUT2D eigenvalue weighted by Gasteiger charge is -2.06. The largest absolute Gasteiger partial charge is 0.325 e. The number of nitrogens with one attached hydrogen (secondary N) is 1. The Labute approximate surface area is 130 Å². The highest BCUT2D eigenvalue weighted by Crippen LogP contribution is 2.32. The number of nitro groups is 1. The van der Waals surface area contributed by atoms with Gasteiger partial charge in [-0.1, -0.05) is 17.4 Å². The molecule has 0 aliphatic rings. The van der Waals surface area contributed by atoms with Gasteiger partial charge in [0.15, 0.2) is 0 Å². The molecule has 6 nitrogen and oxygen atoms in total. The Balaban J connectivity index is 1.87. The summed E-state index contributed by atoms with van der Waals surface area (Å²) >= 11 is 1.11. The second-order valence-corrected chi connectivity index (χ2v) is 5.71. The van der Waals surface area contributed by atoms with Crippen molar-refractivity contribution < 1.29 is 4.92 Å². The van der Waals surface area contributed by atoms with Crippen molar-refractivity contribution in [2.24, 2.45) is 0 Å². The lowest BCUT2D eigenvalue weighted by atomic mass is 10.3. The summed E-state index contributed by atoms with van der Waals surface area (Å²) in [4.78, 5) is 19.8. The van der Waals surface area contributed by atoms with E-state index in [0.717, 1.165) is 21.8 Å². The van der Waals surface area contributed by atoms with E-state index in [0.29, 0.717) is 17.3 Å². The molecule has 0 aromatic carbocycles. The van der Waals surface area contributed by atoms with Crippen LogP contribution in [-0.2, 0) is 0 Å². The Bertz CT molecular complexity index is 832. The number of nitrogens with zero attached hydrogens (tertiary/aromatic N) is 3. The van der Waals surface area contributed by atoms with Crippen LogP contribution in [0.2, 0.25) is 0 Å². The van der Waals surface area contributed by atoms with E-state index in [2.05, 4.69) is 15.3 Å².